The van der Waals surface area contributed by atoms with Crippen molar-refractivity contribution in [3.8, 4) is 5.82 Å². The number of amides is 3. The highest BCUT2D eigenvalue weighted by molar-refractivity contribution is 6.22. The predicted molar refractivity (Wildman–Crippen MR) is 128 cm³/mol. The summed E-state index contributed by atoms with van der Waals surface area (Å²) >= 11 is 0. The molecule has 1 aliphatic heterocycles. The summed E-state index contributed by atoms with van der Waals surface area (Å²) < 4.78 is 1.58. The molecule has 0 saturated heterocycles. The normalized spacial score (nSPS) is 13.9. The molecule has 5 rings (SSSR count). The number of hydrogen-bond donors (Lipinski definition) is 1. The van der Waals surface area contributed by atoms with Gasteiger partial charge < -0.3 is 5.32 Å². The van der Waals surface area contributed by atoms with Crippen LogP contribution >= 0.6 is 0 Å². The van der Waals surface area contributed by atoms with Crippen molar-refractivity contribution in [2.24, 2.45) is 0 Å². The van der Waals surface area contributed by atoms with Gasteiger partial charge in [0, 0.05) is 23.1 Å². The van der Waals surface area contributed by atoms with Gasteiger partial charge in [-0.3, -0.25) is 19.3 Å². The molecule has 1 atom stereocenters. The lowest BCUT2D eigenvalue weighted by Crippen LogP contribution is -2.37. The van der Waals surface area contributed by atoms with Crippen molar-refractivity contribution in [2.75, 3.05) is 5.32 Å². The number of para-hydroxylation sites is 1. The van der Waals surface area contributed by atoms with Crippen LogP contribution in [-0.2, 0) is 0 Å². The molecule has 34 heavy (non-hydrogen) atoms. The van der Waals surface area contributed by atoms with E-state index in [9.17, 15) is 14.4 Å². The molecule has 1 N–H and O–H groups in total. The van der Waals surface area contributed by atoms with Gasteiger partial charge in [0.1, 0.15) is 5.82 Å². The van der Waals surface area contributed by atoms with E-state index in [2.05, 4.69) is 15.4 Å². The lowest BCUT2D eigenvalue weighted by molar-refractivity contribution is 0.0593. The number of anilines is 1. The fourth-order valence-corrected chi connectivity index (χ4v) is 4.11. The number of aryl methyl sites for hydroxylation is 1. The van der Waals surface area contributed by atoms with E-state index in [1.807, 2.05) is 57.2 Å². The minimum Gasteiger partial charge on any atom is -0.306 e. The van der Waals surface area contributed by atoms with E-state index in [0.717, 1.165) is 10.9 Å². The zero-order valence-corrected chi connectivity index (χ0v) is 19.1. The van der Waals surface area contributed by atoms with Crippen molar-refractivity contribution < 1.29 is 14.4 Å². The van der Waals surface area contributed by atoms with Crippen LogP contribution in [0.1, 0.15) is 57.0 Å². The molecule has 0 saturated carbocycles. The number of carbonyl (C=O) groups is 3. The monoisotopic (exact) mass is 453 g/mol. The first-order chi connectivity index (χ1) is 16.4. The van der Waals surface area contributed by atoms with Crippen LogP contribution in [0, 0.1) is 6.92 Å². The minimum absolute atomic E-state index is 0.212. The third-order valence-corrected chi connectivity index (χ3v) is 6.09. The van der Waals surface area contributed by atoms with E-state index >= 15 is 0 Å². The summed E-state index contributed by atoms with van der Waals surface area (Å²) in [7, 11) is 0. The molecule has 2 aromatic carbocycles. The molecule has 4 aromatic rings. The maximum atomic E-state index is 13.1. The highest BCUT2D eigenvalue weighted by Gasteiger charge is 2.38. The Bertz CT molecular complexity index is 1470. The van der Waals surface area contributed by atoms with Gasteiger partial charge in [-0.2, -0.15) is 9.78 Å². The van der Waals surface area contributed by atoms with E-state index < -0.39 is 5.91 Å². The van der Waals surface area contributed by atoms with E-state index in [4.69, 9.17) is 0 Å². The molecule has 0 radical (unpaired) electrons. The Balaban J connectivity index is 1.45. The highest BCUT2D eigenvalue weighted by atomic mass is 16.2. The van der Waals surface area contributed by atoms with Gasteiger partial charge >= 0.3 is 0 Å². The van der Waals surface area contributed by atoms with Crippen LogP contribution in [-0.4, -0.2) is 43.4 Å². The van der Waals surface area contributed by atoms with Crippen LogP contribution in [0.3, 0.4) is 0 Å². The summed E-state index contributed by atoms with van der Waals surface area (Å²) in [6.45, 7) is 5.58. The molecule has 8 nitrogen and oxygen atoms in total. The molecular weight excluding hydrogens is 430 g/mol. The molecule has 0 aliphatic carbocycles. The van der Waals surface area contributed by atoms with Crippen LogP contribution < -0.4 is 5.32 Å². The standard InChI is InChI=1S/C26H23N5O3/c1-4-16(3)30-25(33)19-11-9-18(14-20(19)26(30)34)24(32)28-23-13-15(2)29-31(23)22-12-10-17-7-5-6-8-21(17)27-22/h5-14,16H,4H2,1-3H3,(H,28,32). The fourth-order valence-electron chi connectivity index (χ4n) is 4.11. The van der Waals surface area contributed by atoms with Gasteiger partial charge in [0.25, 0.3) is 17.7 Å². The molecule has 1 aliphatic rings. The number of benzene rings is 2. The first kappa shape index (κ1) is 21.5. The summed E-state index contributed by atoms with van der Waals surface area (Å²) in [5, 5.41) is 8.36. The topological polar surface area (TPSA) is 97.2 Å². The van der Waals surface area contributed by atoms with Crippen molar-refractivity contribution in [3.05, 3.63) is 83.0 Å². The van der Waals surface area contributed by atoms with Gasteiger partial charge in [-0.05, 0) is 56.7 Å². The molecule has 2 aromatic heterocycles. The Hall–Kier alpha value is -4.33. The van der Waals surface area contributed by atoms with Crippen molar-refractivity contribution in [2.45, 2.75) is 33.2 Å². The first-order valence-corrected chi connectivity index (χ1v) is 11.1. The van der Waals surface area contributed by atoms with Crippen molar-refractivity contribution in [1.29, 1.82) is 0 Å². The minimum atomic E-state index is -0.410. The van der Waals surface area contributed by atoms with Crippen LogP contribution in [0.4, 0.5) is 5.82 Å². The number of fused-ring (bicyclic) bond motifs is 2. The summed E-state index contributed by atoms with van der Waals surface area (Å²) in [6, 6.07) is 17.7. The molecule has 3 heterocycles. The Labute approximate surface area is 196 Å². The molecule has 1 unspecified atom stereocenters. The number of carbonyl (C=O) groups excluding carboxylic acids is 3. The molecule has 0 fully saturated rings. The molecule has 8 heteroatoms. The molecular formula is C26H23N5O3. The van der Waals surface area contributed by atoms with Crippen LogP contribution in [0.2, 0.25) is 0 Å². The Morgan fingerprint density at radius 2 is 1.76 bits per heavy atom. The fraction of sp³-hybridized carbons (Fsp3) is 0.192. The number of nitrogens with one attached hydrogen (secondary N) is 1. The molecule has 0 spiro atoms. The van der Waals surface area contributed by atoms with E-state index in [1.54, 1.807) is 22.9 Å². The predicted octanol–water partition coefficient (Wildman–Crippen LogP) is 4.38. The van der Waals surface area contributed by atoms with Gasteiger partial charge in [-0.15, -0.1) is 0 Å². The zero-order valence-electron chi connectivity index (χ0n) is 19.1. The molecule has 170 valence electrons. The number of hydrogen-bond acceptors (Lipinski definition) is 5. The van der Waals surface area contributed by atoms with Gasteiger partial charge in [-0.1, -0.05) is 25.1 Å². The largest absolute Gasteiger partial charge is 0.306 e. The lowest BCUT2D eigenvalue weighted by Gasteiger charge is -2.20. The molecule has 0 bridgehead atoms. The Morgan fingerprint density at radius 3 is 2.56 bits per heavy atom. The second-order valence-electron chi connectivity index (χ2n) is 8.40. The number of imide groups is 1. The maximum absolute atomic E-state index is 13.1. The van der Waals surface area contributed by atoms with Crippen molar-refractivity contribution in [3.63, 3.8) is 0 Å². The lowest BCUT2D eigenvalue weighted by atomic mass is 10.1. The van der Waals surface area contributed by atoms with E-state index in [1.165, 1.54) is 11.0 Å². The number of rotatable bonds is 5. The van der Waals surface area contributed by atoms with E-state index in [0.29, 0.717) is 29.3 Å². The highest BCUT2D eigenvalue weighted by Crippen LogP contribution is 2.27. The summed E-state index contributed by atoms with van der Waals surface area (Å²) in [4.78, 5) is 44.5. The van der Waals surface area contributed by atoms with Gasteiger partial charge in [0.15, 0.2) is 5.82 Å². The zero-order chi connectivity index (χ0) is 24.0. The Morgan fingerprint density at radius 1 is 1.00 bits per heavy atom. The molecule has 3 amide bonds. The Kier molecular flexibility index (Phi) is 5.20. The average Bonchev–Trinajstić information content (AvgIpc) is 3.34. The summed E-state index contributed by atoms with van der Waals surface area (Å²) in [5.41, 5.74) is 2.38. The van der Waals surface area contributed by atoms with Gasteiger partial charge in [-0.25, -0.2) is 4.98 Å². The number of nitrogens with zero attached hydrogens (tertiary/aromatic N) is 4. The van der Waals surface area contributed by atoms with Gasteiger partial charge in [0.05, 0.1) is 22.3 Å². The third kappa shape index (κ3) is 3.53. The van der Waals surface area contributed by atoms with Crippen molar-refractivity contribution in [1.82, 2.24) is 19.7 Å². The maximum Gasteiger partial charge on any atom is 0.261 e. The second-order valence-corrected chi connectivity index (χ2v) is 8.40. The number of pyridine rings is 1. The smallest absolute Gasteiger partial charge is 0.261 e. The van der Waals surface area contributed by atoms with Crippen molar-refractivity contribution >= 4 is 34.4 Å². The van der Waals surface area contributed by atoms with E-state index in [-0.39, 0.29) is 29.0 Å². The summed E-state index contributed by atoms with van der Waals surface area (Å²) in [5.74, 6) is -0.0787. The third-order valence-electron chi connectivity index (χ3n) is 6.09. The van der Waals surface area contributed by atoms with Crippen LogP contribution in [0.5, 0.6) is 0 Å². The quantitative estimate of drug-likeness (QED) is 0.453. The second kappa shape index (κ2) is 8.22. The SMILES string of the molecule is CCC(C)N1C(=O)c2ccc(C(=O)Nc3cc(C)nn3-c3ccc4ccccc4n3)cc2C1=O. The average molecular weight is 454 g/mol. The first-order valence-electron chi connectivity index (χ1n) is 11.1. The number of aromatic nitrogens is 3. The summed E-state index contributed by atoms with van der Waals surface area (Å²) in [6.07, 6.45) is 0.658. The van der Waals surface area contributed by atoms with Gasteiger partial charge in [0.2, 0.25) is 0 Å². The van der Waals surface area contributed by atoms with Crippen LogP contribution in [0.25, 0.3) is 16.7 Å². The van der Waals surface area contributed by atoms with Crippen LogP contribution in [0.15, 0.2) is 60.7 Å².